The number of rotatable bonds is 6. The van der Waals surface area contributed by atoms with Gasteiger partial charge in [-0.3, -0.25) is 4.79 Å². The Kier molecular flexibility index (Phi) is 6.91. The predicted molar refractivity (Wildman–Crippen MR) is 86.6 cm³/mol. The fourth-order valence-corrected chi connectivity index (χ4v) is 1.74. The Balaban J connectivity index is 2.61. The third-order valence-corrected chi connectivity index (χ3v) is 2.85. The molecule has 0 bridgehead atoms. The molecule has 0 heterocycles. The summed E-state index contributed by atoms with van der Waals surface area (Å²) in [4.78, 5) is 35.6. The molecule has 0 unspecified atom stereocenters. The van der Waals surface area contributed by atoms with E-state index in [2.05, 4.69) is 5.32 Å². The summed E-state index contributed by atoms with van der Waals surface area (Å²) >= 11 is 0. The van der Waals surface area contributed by atoms with Crippen LogP contribution in [0, 0.1) is 0 Å². The average molecular weight is 337 g/mol. The Labute approximate surface area is 141 Å². The number of aliphatic hydroxyl groups is 1. The Morgan fingerprint density at radius 3 is 2.25 bits per heavy atom. The zero-order chi connectivity index (χ0) is 18.3. The molecule has 1 amide bonds. The summed E-state index contributed by atoms with van der Waals surface area (Å²) < 4.78 is 9.92. The van der Waals surface area contributed by atoms with Crippen molar-refractivity contribution in [1.29, 1.82) is 0 Å². The molecule has 0 radical (unpaired) electrons. The van der Waals surface area contributed by atoms with Gasteiger partial charge in [0.1, 0.15) is 5.60 Å². The number of ketones is 1. The quantitative estimate of drug-likeness (QED) is 0.605. The topological polar surface area (TPSA) is 102 Å². The number of benzene rings is 1. The number of nitrogens with one attached hydrogen (secondary N) is 1. The van der Waals surface area contributed by atoms with E-state index < -0.39 is 36.4 Å². The van der Waals surface area contributed by atoms with E-state index in [1.165, 1.54) is 6.92 Å². The zero-order valence-electron chi connectivity index (χ0n) is 14.2. The Morgan fingerprint density at radius 1 is 1.17 bits per heavy atom. The van der Waals surface area contributed by atoms with Crippen LogP contribution >= 0.6 is 0 Å². The van der Waals surface area contributed by atoms with Crippen LogP contribution in [0.15, 0.2) is 30.3 Å². The van der Waals surface area contributed by atoms with Gasteiger partial charge in [0, 0.05) is 5.56 Å². The van der Waals surface area contributed by atoms with Crippen molar-refractivity contribution in [2.75, 3.05) is 6.61 Å². The van der Waals surface area contributed by atoms with E-state index in [9.17, 15) is 19.5 Å². The molecule has 1 aromatic rings. The first kappa shape index (κ1) is 19.6. The SMILES string of the molecule is C[C@@H](O)[C@H](NC(=O)OC(C)(C)C)C(=O)OCC(=O)c1ccccc1. The fraction of sp³-hybridized carbons (Fsp3) is 0.471. The highest BCUT2D eigenvalue weighted by molar-refractivity contribution is 5.98. The third kappa shape index (κ3) is 6.78. The number of Topliss-reactive ketones (excluding diaryl/α,β-unsaturated/α-hetero) is 1. The molecular formula is C17H23NO6. The van der Waals surface area contributed by atoms with Crippen LogP contribution < -0.4 is 5.32 Å². The van der Waals surface area contributed by atoms with Crippen LogP contribution in [-0.2, 0) is 14.3 Å². The summed E-state index contributed by atoms with van der Waals surface area (Å²) in [5.41, 5.74) is -0.348. The van der Waals surface area contributed by atoms with Crippen molar-refractivity contribution in [2.45, 2.75) is 45.4 Å². The van der Waals surface area contributed by atoms with Crippen molar-refractivity contribution in [2.24, 2.45) is 0 Å². The van der Waals surface area contributed by atoms with Crippen molar-refractivity contribution in [1.82, 2.24) is 5.32 Å². The molecule has 0 fully saturated rings. The molecule has 0 aromatic heterocycles. The van der Waals surface area contributed by atoms with Gasteiger partial charge in [-0.05, 0) is 27.7 Å². The number of amides is 1. The monoisotopic (exact) mass is 337 g/mol. The van der Waals surface area contributed by atoms with E-state index >= 15 is 0 Å². The first-order valence-corrected chi connectivity index (χ1v) is 7.52. The molecule has 0 aliphatic rings. The highest BCUT2D eigenvalue weighted by Crippen LogP contribution is 2.08. The lowest BCUT2D eigenvalue weighted by Gasteiger charge is -2.24. The highest BCUT2D eigenvalue weighted by Gasteiger charge is 2.29. The number of esters is 1. The molecule has 0 saturated heterocycles. The molecule has 7 nitrogen and oxygen atoms in total. The fourth-order valence-electron chi connectivity index (χ4n) is 1.74. The molecule has 0 aliphatic carbocycles. The maximum Gasteiger partial charge on any atom is 0.408 e. The molecule has 24 heavy (non-hydrogen) atoms. The molecule has 7 heteroatoms. The van der Waals surface area contributed by atoms with Crippen molar-refractivity contribution in [3.05, 3.63) is 35.9 Å². The first-order valence-electron chi connectivity index (χ1n) is 7.52. The second-order valence-electron chi connectivity index (χ2n) is 6.26. The van der Waals surface area contributed by atoms with Gasteiger partial charge in [-0.15, -0.1) is 0 Å². The summed E-state index contributed by atoms with van der Waals surface area (Å²) in [6.45, 7) is 5.84. The maximum absolute atomic E-state index is 12.0. The van der Waals surface area contributed by atoms with Gasteiger partial charge in [-0.25, -0.2) is 9.59 Å². The van der Waals surface area contributed by atoms with Gasteiger partial charge in [0.15, 0.2) is 18.4 Å². The van der Waals surface area contributed by atoms with Crippen molar-refractivity contribution >= 4 is 17.8 Å². The Bertz CT molecular complexity index is 576. The average Bonchev–Trinajstić information content (AvgIpc) is 2.48. The van der Waals surface area contributed by atoms with E-state index in [-0.39, 0.29) is 5.78 Å². The standard InChI is InChI=1S/C17H23NO6/c1-11(19)14(18-16(22)24-17(2,3)4)15(21)23-10-13(20)12-8-6-5-7-9-12/h5-9,11,14,19H,10H2,1-4H3,(H,18,22)/t11-,14+/m1/s1. The van der Waals surface area contributed by atoms with Crippen LogP contribution in [0.25, 0.3) is 0 Å². The number of alkyl carbamates (subject to hydrolysis) is 1. The smallest absolute Gasteiger partial charge is 0.408 e. The van der Waals surface area contributed by atoms with Crippen molar-refractivity contribution in [3.63, 3.8) is 0 Å². The summed E-state index contributed by atoms with van der Waals surface area (Å²) in [5, 5.41) is 11.9. The normalized spacial score (nSPS) is 13.5. The number of ether oxygens (including phenoxy) is 2. The van der Waals surface area contributed by atoms with Crippen LogP contribution in [0.3, 0.4) is 0 Å². The number of carbonyl (C=O) groups is 3. The van der Waals surface area contributed by atoms with E-state index in [0.717, 1.165) is 0 Å². The van der Waals surface area contributed by atoms with E-state index in [1.807, 2.05) is 0 Å². The van der Waals surface area contributed by atoms with Crippen LogP contribution in [0.1, 0.15) is 38.1 Å². The van der Waals surface area contributed by atoms with Gasteiger partial charge < -0.3 is 19.9 Å². The minimum absolute atomic E-state index is 0.384. The maximum atomic E-state index is 12.0. The lowest BCUT2D eigenvalue weighted by atomic mass is 10.1. The molecule has 132 valence electrons. The van der Waals surface area contributed by atoms with E-state index in [0.29, 0.717) is 5.56 Å². The minimum atomic E-state index is -1.33. The molecule has 1 rings (SSSR count). The second-order valence-corrected chi connectivity index (χ2v) is 6.26. The highest BCUT2D eigenvalue weighted by atomic mass is 16.6. The van der Waals surface area contributed by atoms with Gasteiger partial charge >= 0.3 is 12.1 Å². The molecule has 0 aliphatic heterocycles. The van der Waals surface area contributed by atoms with Gasteiger partial charge in [0.25, 0.3) is 0 Å². The van der Waals surface area contributed by atoms with Crippen molar-refractivity contribution in [3.8, 4) is 0 Å². The van der Waals surface area contributed by atoms with Crippen LogP contribution in [0.2, 0.25) is 0 Å². The number of carbonyl (C=O) groups excluding carboxylic acids is 3. The Hall–Kier alpha value is -2.41. The zero-order valence-corrected chi connectivity index (χ0v) is 14.2. The van der Waals surface area contributed by atoms with E-state index in [4.69, 9.17) is 9.47 Å². The summed E-state index contributed by atoms with van der Waals surface area (Å²) in [7, 11) is 0. The second kappa shape index (κ2) is 8.44. The van der Waals surface area contributed by atoms with Gasteiger partial charge in [0.2, 0.25) is 0 Å². The van der Waals surface area contributed by atoms with Crippen molar-refractivity contribution < 1.29 is 29.0 Å². The molecule has 0 saturated carbocycles. The molecule has 0 spiro atoms. The largest absolute Gasteiger partial charge is 0.456 e. The van der Waals surface area contributed by atoms with Gasteiger partial charge in [0.05, 0.1) is 6.10 Å². The minimum Gasteiger partial charge on any atom is -0.456 e. The summed E-state index contributed by atoms with van der Waals surface area (Å²) in [6, 6.07) is 7.01. The van der Waals surface area contributed by atoms with Crippen LogP contribution in [0.5, 0.6) is 0 Å². The molecule has 2 atom stereocenters. The Morgan fingerprint density at radius 2 is 1.75 bits per heavy atom. The number of aliphatic hydroxyl groups excluding tert-OH is 1. The van der Waals surface area contributed by atoms with Crippen LogP contribution in [0.4, 0.5) is 4.79 Å². The predicted octanol–water partition coefficient (Wildman–Crippen LogP) is 1.69. The lowest BCUT2D eigenvalue weighted by molar-refractivity contribution is -0.147. The summed E-state index contributed by atoms with van der Waals surface area (Å²) in [5.74, 6) is -1.30. The van der Waals surface area contributed by atoms with E-state index in [1.54, 1.807) is 51.1 Å². The number of hydrogen-bond donors (Lipinski definition) is 2. The molecular weight excluding hydrogens is 314 g/mol. The lowest BCUT2D eigenvalue weighted by Crippen LogP contribution is -2.50. The molecule has 1 aromatic carbocycles. The van der Waals surface area contributed by atoms with Crippen LogP contribution in [-0.4, -0.2) is 47.3 Å². The third-order valence-electron chi connectivity index (χ3n) is 2.85. The summed E-state index contributed by atoms with van der Waals surface area (Å²) in [6.07, 6.45) is -2.07. The van der Waals surface area contributed by atoms with Gasteiger partial charge in [-0.1, -0.05) is 30.3 Å². The van der Waals surface area contributed by atoms with Gasteiger partial charge in [-0.2, -0.15) is 0 Å². The number of hydrogen-bond acceptors (Lipinski definition) is 6. The molecule has 2 N–H and O–H groups in total. The first-order chi connectivity index (χ1) is 11.1.